The summed E-state index contributed by atoms with van der Waals surface area (Å²) in [4.78, 5) is 0. The molecular formula is C6H10Cl2F8N2. The van der Waals surface area contributed by atoms with Gasteiger partial charge in [0.1, 0.15) is 13.1 Å². The number of alkyl halides is 8. The summed E-state index contributed by atoms with van der Waals surface area (Å²) in [5.74, 6) is -23.0. The van der Waals surface area contributed by atoms with Gasteiger partial charge in [-0.25, -0.2) is 0 Å². The third kappa shape index (κ3) is 3.28. The zero-order valence-electron chi connectivity index (χ0n) is 8.61. The maximum absolute atomic E-state index is 12.6. The van der Waals surface area contributed by atoms with Crippen LogP contribution in [0.1, 0.15) is 0 Å². The van der Waals surface area contributed by atoms with E-state index in [0.717, 1.165) is 0 Å². The lowest BCUT2D eigenvalue weighted by Gasteiger charge is -2.34. The summed E-state index contributed by atoms with van der Waals surface area (Å²) >= 11 is 0. The van der Waals surface area contributed by atoms with Gasteiger partial charge in [-0.2, -0.15) is 35.1 Å². The Morgan fingerprint density at radius 3 is 0.833 bits per heavy atom. The first kappa shape index (κ1) is 23.1. The first-order valence-corrected chi connectivity index (χ1v) is 3.97. The van der Waals surface area contributed by atoms with Crippen molar-refractivity contribution in [2.24, 2.45) is 0 Å². The molecule has 0 amide bonds. The standard InChI is InChI=1S/C6H8F8N2.2ClH/c7-3(8,1-15)5(11,12)6(13,14)4(9,10)2-16;;/h1-2,15-16H2;2*1H. The molecular weight excluding hydrogens is 323 g/mol. The molecule has 2 nitrogen and oxygen atoms in total. The van der Waals surface area contributed by atoms with Gasteiger partial charge in [-0.05, 0) is 0 Å². The fraction of sp³-hybridized carbons (Fsp3) is 1.00. The second-order valence-corrected chi connectivity index (χ2v) is 3.06. The summed E-state index contributed by atoms with van der Waals surface area (Å²) in [6, 6.07) is 0. The van der Waals surface area contributed by atoms with Gasteiger partial charge in [0.25, 0.3) is 0 Å². The minimum Gasteiger partial charge on any atom is -1.00 e. The van der Waals surface area contributed by atoms with E-state index in [1.54, 1.807) is 0 Å². The average Bonchev–Trinajstić information content (AvgIpc) is 2.16. The SMILES string of the molecule is [Cl-].[Cl-].[NH3+]CC(F)(F)C(F)(F)C(F)(F)C(F)(F)C[NH3+]. The molecule has 0 aliphatic rings. The van der Waals surface area contributed by atoms with Crippen molar-refractivity contribution in [3.63, 3.8) is 0 Å². The van der Waals surface area contributed by atoms with Crippen LogP contribution in [-0.2, 0) is 0 Å². The van der Waals surface area contributed by atoms with Crippen LogP contribution >= 0.6 is 0 Å². The molecule has 0 unspecified atom stereocenters. The van der Waals surface area contributed by atoms with Gasteiger partial charge in [0.05, 0.1) is 0 Å². The Labute approximate surface area is 109 Å². The Morgan fingerprint density at radius 2 is 0.722 bits per heavy atom. The van der Waals surface area contributed by atoms with E-state index in [4.69, 9.17) is 0 Å². The molecule has 0 aliphatic heterocycles. The van der Waals surface area contributed by atoms with Crippen molar-refractivity contribution in [3.8, 4) is 0 Å². The molecule has 0 radical (unpaired) electrons. The van der Waals surface area contributed by atoms with Crippen LogP contribution in [-0.4, -0.2) is 36.8 Å². The smallest absolute Gasteiger partial charge is 0.384 e. The average molecular weight is 333 g/mol. The van der Waals surface area contributed by atoms with Gasteiger partial charge >= 0.3 is 23.7 Å². The third-order valence-electron chi connectivity index (χ3n) is 1.94. The van der Waals surface area contributed by atoms with Crippen molar-refractivity contribution in [3.05, 3.63) is 0 Å². The normalized spacial score (nSPS) is 13.7. The second-order valence-electron chi connectivity index (χ2n) is 3.06. The molecule has 0 bridgehead atoms. The van der Waals surface area contributed by atoms with Crippen molar-refractivity contribution < 1.29 is 71.4 Å². The molecule has 0 aromatic rings. The number of rotatable bonds is 5. The molecule has 0 heterocycles. The Balaban J connectivity index is -0.00000112. The lowest BCUT2D eigenvalue weighted by atomic mass is 9.99. The van der Waals surface area contributed by atoms with E-state index in [1.807, 2.05) is 0 Å². The highest BCUT2D eigenvalue weighted by Gasteiger charge is 2.81. The molecule has 0 aliphatic carbocycles. The molecule has 114 valence electrons. The quantitative estimate of drug-likeness (QED) is 0.471. The zero-order valence-corrected chi connectivity index (χ0v) is 10.1. The summed E-state index contributed by atoms with van der Waals surface area (Å²) in [5, 5.41) is 0. The maximum atomic E-state index is 12.6. The van der Waals surface area contributed by atoms with E-state index >= 15 is 0 Å². The largest absolute Gasteiger partial charge is 1.00 e. The zero-order chi connectivity index (χ0) is 13.4. The predicted octanol–water partition coefficient (Wildman–Crippen LogP) is -5.98. The van der Waals surface area contributed by atoms with Crippen molar-refractivity contribution in [2.45, 2.75) is 23.7 Å². The summed E-state index contributed by atoms with van der Waals surface area (Å²) in [7, 11) is 0. The Bertz CT molecular complexity index is 234. The summed E-state index contributed by atoms with van der Waals surface area (Å²) < 4.78 is 100. The molecule has 0 saturated carbocycles. The molecule has 18 heavy (non-hydrogen) atoms. The molecule has 0 aromatic carbocycles. The molecule has 0 spiro atoms. The number of quaternary nitrogens is 2. The third-order valence-corrected chi connectivity index (χ3v) is 1.94. The van der Waals surface area contributed by atoms with E-state index in [9.17, 15) is 35.1 Å². The van der Waals surface area contributed by atoms with Gasteiger partial charge < -0.3 is 36.3 Å². The lowest BCUT2D eigenvalue weighted by molar-refractivity contribution is -0.475. The fourth-order valence-electron chi connectivity index (χ4n) is 0.773. The summed E-state index contributed by atoms with van der Waals surface area (Å²) in [6.45, 7) is -3.86. The van der Waals surface area contributed by atoms with Crippen LogP contribution in [0.5, 0.6) is 0 Å². The van der Waals surface area contributed by atoms with Crippen molar-refractivity contribution in [2.75, 3.05) is 13.1 Å². The Morgan fingerprint density at radius 1 is 0.556 bits per heavy atom. The van der Waals surface area contributed by atoms with Crippen LogP contribution < -0.4 is 36.3 Å². The first-order chi connectivity index (χ1) is 6.87. The fourth-order valence-corrected chi connectivity index (χ4v) is 0.773. The molecule has 12 heteroatoms. The summed E-state index contributed by atoms with van der Waals surface area (Å²) in [6.07, 6.45) is 0. The van der Waals surface area contributed by atoms with Gasteiger partial charge in [-0.3, -0.25) is 0 Å². The van der Waals surface area contributed by atoms with Crippen molar-refractivity contribution in [1.82, 2.24) is 0 Å². The number of halogens is 10. The van der Waals surface area contributed by atoms with Gasteiger partial charge in [0, 0.05) is 0 Å². The van der Waals surface area contributed by atoms with E-state index in [1.165, 1.54) is 0 Å². The predicted molar refractivity (Wildman–Crippen MR) is 35.3 cm³/mol. The molecule has 0 rings (SSSR count). The van der Waals surface area contributed by atoms with Crippen LogP contribution in [0.25, 0.3) is 0 Å². The van der Waals surface area contributed by atoms with Crippen LogP contribution in [0, 0.1) is 0 Å². The van der Waals surface area contributed by atoms with Crippen LogP contribution in [0.4, 0.5) is 35.1 Å². The highest BCUT2D eigenvalue weighted by molar-refractivity contribution is 5.02. The number of hydrogen-bond acceptors (Lipinski definition) is 0. The van der Waals surface area contributed by atoms with Crippen LogP contribution in [0.15, 0.2) is 0 Å². The lowest BCUT2D eigenvalue weighted by Crippen LogP contribution is -3.00. The molecule has 0 aromatic heterocycles. The monoisotopic (exact) mass is 332 g/mol. The topological polar surface area (TPSA) is 55.3 Å². The van der Waals surface area contributed by atoms with Crippen LogP contribution in [0.3, 0.4) is 0 Å². The van der Waals surface area contributed by atoms with Crippen molar-refractivity contribution >= 4 is 0 Å². The summed E-state index contributed by atoms with van der Waals surface area (Å²) in [5.41, 5.74) is 4.64. The molecule has 6 N–H and O–H groups in total. The highest BCUT2D eigenvalue weighted by Crippen LogP contribution is 2.51. The van der Waals surface area contributed by atoms with Crippen LogP contribution in [0.2, 0.25) is 0 Å². The minimum absolute atomic E-state index is 0. The van der Waals surface area contributed by atoms with Gasteiger partial charge in [-0.15, -0.1) is 0 Å². The van der Waals surface area contributed by atoms with E-state index < -0.39 is 36.8 Å². The van der Waals surface area contributed by atoms with E-state index in [-0.39, 0.29) is 24.8 Å². The van der Waals surface area contributed by atoms with Gasteiger partial charge in [0.15, 0.2) is 0 Å². The Kier molecular flexibility index (Phi) is 8.20. The van der Waals surface area contributed by atoms with Crippen molar-refractivity contribution in [1.29, 1.82) is 0 Å². The van der Waals surface area contributed by atoms with E-state index in [2.05, 4.69) is 11.5 Å². The number of hydrogen-bond donors (Lipinski definition) is 2. The van der Waals surface area contributed by atoms with Gasteiger partial charge in [-0.1, -0.05) is 0 Å². The molecule has 0 saturated heterocycles. The highest BCUT2D eigenvalue weighted by atomic mass is 35.5. The van der Waals surface area contributed by atoms with E-state index in [0.29, 0.717) is 0 Å². The first-order valence-electron chi connectivity index (χ1n) is 3.97. The Hall–Kier alpha value is -0.0600. The maximum Gasteiger partial charge on any atom is 0.384 e. The molecule has 0 fully saturated rings. The van der Waals surface area contributed by atoms with Gasteiger partial charge in [0.2, 0.25) is 0 Å². The molecule has 0 atom stereocenters. The second kappa shape index (κ2) is 6.40. The minimum atomic E-state index is -6.19.